The zero-order valence-electron chi connectivity index (χ0n) is 9.93. The molecule has 2 heterocycles. The van der Waals surface area contributed by atoms with Gasteiger partial charge in [0.15, 0.2) is 5.65 Å². The number of hydrogen-bond donors (Lipinski definition) is 1. The van der Waals surface area contributed by atoms with E-state index in [1.807, 2.05) is 13.0 Å². The summed E-state index contributed by atoms with van der Waals surface area (Å²) >= 11 is 2.11. The summed E-state index contributed by atoms with van der Waals surface area (Å²) in [6.45, 7) is 1.99. The second-order valence-electron chi connectivity index (χ2n) is 4.76. The number of nitrogens with two attached hydrogens (primary N) is 1. The average Bonchev–Trinajstić information content (AvgIpc) is 3.08. The summed E-state index contributed by atoms with van der Waals surface area (Å²) in [5.41, 5.74) is 6.26. The van der Waals surface area contributed by atoms with Crippen LogP contribution in [0.25, 0.3) is 11.0 Å². The van der Waals surface area contributed by atoms with Gasteiger partial charge in [-0.05, 0) is 47.4 Å². The normalized spacial score (nSPS) is 17.0. The van der Waals surface area contributed by atoms with Crippen LogP contribution in [0.4, 0.5) is 5.95 Å². The van der Waals surface area contributed by atoms with E-state index < -0.39 is 0 Å². The number of nitrogen functional groups attached to an aromatic ring is 1. The number of carbonyl (C=O) groups excluding carboxylic acids is 1. The molecule has 1 fully saturated rings. The van der Waals surface area contributed by atoms with Gasteiger partial charge in [-0.15, -0.1) is 0 Å². The van der Waals surface area contributed by atoms with Crippen LogP contribution in [0.1, 0.15) is 24.6 Å². The molecule has 0 saturated heterocycles. The van der Waals surface area contributed by atoms with E-state index in [1.54, 1.807) is 10.8 Å². The Kier molecular flexibility index (Phi) is 2.76. The van der Waals surface area contributed by atoms with Gasteiger partial charge in [-0.1, -0.05) is 6.92 Å². The standard InChI is InChI=1S/C12H13IN4O/c1-6(7-2-3-7)11(18)17-5-4-8-9(13)15-12(14)16-10(8)17/h4-7H,2-3H2,1H3,(H2,14,15,16). The van der Waals surface area contributed by atoms with E-state index in [4.69, 9.17) is 5.73 Å². The second-order valence-corrected chi connectivity index (χ2v) is 5.78. The van der Waals surface area contributed by atoms with Crippen molar-refractivity contribution < 1.29 is 4.79 Å². The molecule has 2 aromatic heterocycles. The van der Waals surface area contributed by atoms with Crippen LogP contribution in [-0.4, -0.2) is 20.4 Å². The van der Waals surface area contributed by atoms with Gasteiger partial charge < -0.3 is 5.73 Å². The van der Waals surface area contributed by atoms with E-state index in [9.17, 15) is 4.79 Å². The highest BCUT2D eigenvalue weighted by molar-refractivity contribution is 14.1. The Morgan fingerprint density at radius 1 is 1.56 bits per heavy atom. The van der Waals surface area contributed by atoms with Crippen molar-refractivity contribution in [1.82, 2.24) is 14.5 Å². The van der Waals surface area contributed by atoms with Gasteiger partial charge in [-0.25, -0.2) is 4.98 Å². The number of aromatic nitrogens is 3. The van der Waals surface area contributed by atoms with Crippen molar-refractivity contribution in [2.24, 2.45) is 11.8 Å². The molecule has 1 aliphatic carbocycles. The maximum absolute atomic E-state index is 12.4. The third-order valence-corrected chi connectivity index (χ3v) is 4.29. The molecule has 0 radical (unpaired) electrons. The Morgan fingerprint density at radius 2 is 2.28 bits per heavy atom. The van der Waals surface area contributed by atoms with Gasteiger partial charge in [0.2, 0.25) is 11.9 Å². The lowest BCUT2D eigenvalue weighted by Crippen LogP contribution is -2.20. The monoisotopic (exact) mass is 356 g/mol. The average molecular weight is 356 g/mol. The number of rotatable bonds is 2. The molecule has 0 bridgehead atoms. The second kappa shape index (κ2) is 4.18. The molecule has 94 valence electrons. The lowest BCUT2D eigenvalue weighted by molar-refractivity contribution is 0.0835. The first-order valence-corrected chi connectivity index (χ1v) is 7.00. The molecule has 1 unspecified atom stereocenters. The van der Waals surface area contributed by atoms with Crippen LogP contribution in [-0.2, 0) is 0 Å². The Bertz CT molecular complexity index is 632. The first-order chi connectivity index (χ1) is 8.58. The molecule has 1 atom stereocenters. The third-order valence-electron chi connectivity index (χ3n) is 3.47. The maximum Gasteiger partial charge on any atom is 0.235 e. The Labute approximate surface area is 118 Å². The lowest BCUT2D eigenvalue weighted by atomic mass is 10.1. The van der Waals surface area contributed by atoms with Crippen molar-refractivity contribution in [2.45, 2.75) is 19.8 Å². The smallest absolute Gasteiger partial charge is 0.235 e. The van der Waals surface area contributed by atoms with Crippen molar-refractivity contribution in [3.8, 4) is 0 Å². The van der Waals surface area contributed by atoms with E-state index in [1.165, 1.54) is 0 Å². The number of carbonyl (C=O) groups is 1. The van der Waals surface area contributed by atoms with E-state index in [2.05, 4.69) is 32.6 Å². The number of fused-ring (bicyclic) bond motifs is 1. The SMILES string of the molecule is CC(C(=O)n1ccc2c(I)nc(N)nc21)C1CC1. The van der Waals surface area contributed by atoms with Gasteiger partial charge in [-0.2, -0.15) is 4.98 Å². The van der Waals surface area contributed by atoms with Crippen molar-refractivity contribution in [3.05, 3.63) is 16.0 Å². The molecule has 1 saturated carbocycles. The minimum Gasteiger partial charge on any atom is -0.368 e. The summed E-state index contributed by atoms with van der Waals surface area (Å²) in [5, 5.41) is 0.876. The molecule has 6 heteroatoms. The third kappa shape index (κ3) is 1.88. The van der Waals surface area contributed by atoms with Crippen LogP contribution in [0.3, 0.4) is 0 Å². The molecule has 5 nitrogen and oxygen atoms in total. The molecule has 0 aliphatic heterocycles. The highest BCUT2D eigenvalue weighted by Gasteiger charge is 2.33. The van der Waals surface area contributed by atoms with Gasteiger partial charge in [-0.3, -0.25) is 9.36 Å². The van der Waals surface area contributed by atoms with E-state index in [0.29, 0.717) is 11.6 Å². The predicted molar refractivity (Wildman–Crippen MR) is 77.2 cm³/mol. The van der Waals surface area contributed by atoms with Gasteiger partial charge in [0, 0.05) is 12.1 Å². The zero-order valence-corrected chi connectivity index (χ0v) is 12.1. The molecule has 0 aromatic carbocycles. The van der Waals surface area contributed by atoms with Crippen LogP contribution in [0.15, 0.2) is 12.3 Å². The maximum atomic E-state index is 12.4. The van der Waals surface area contributed by atoms with Crippen LogP contribution < -0.4 is 5.73 Å². The summed E-state index contributed by atoms with van der Waals surface area (Å²) in [5.74, 6) is 0.891. The minimum absolute atomic E-state index is 0.0504. The number of nitrogens with zero attached hydrogens (tertiary/aromatic N) is 3. The quantitative estimate of drug-likeness (QED) is 0.662. The Balaban J connectivity index is 2.09. The molecule has 1 aliphatic rings. The highest BCUT2D eigenvalue weighted by atomic mass is 127. The van der Waals surface area contributed by atoms with Crippen LogP contribution in [0, 0.1) is 15.5 Å². The number of anilines is 1. The van der Waals surface area contributed by atoms with Crippen molar-refractivity contribution in [2.75, 3.05) is 5.73 Å². The zero-order chi connectivity index (χ0) is 12.9. The fourth-order valence-corrected chi connectivity index (χ4v) is 2.86. The summed E-state index contributed by atoms with van der Waals surface area (Å²) < 4.78 is 2.39. The van der Waals surface area contributed by atoms with E-state index >= 15 is 0 Å². The van der Waals surface area contributed by atoms with Gasteiger partial charge in [0.1, 0.15) is 3.70 Å². The number of hydrogen-bond acceptors (Lipinski definition) is 4. The summed E-state index contributed by atoms with van der Waals surface area (Å²) in [6, 6.07) is 1.87. The lowest BCUT2D eigenvalue weighted by Gasteiger charge is -2.10. The van der Waals surface area contributed by atoms with Crippen molar-refractivity contribution in [1.29, 1.82) is 0 Å². The molecule has 2 aromatic rings. The molecule has 2 N–H and O–H groups in total. The molecule has 18 heavy (non-hydrogen) atoms. The summed E-state index contributed by atoms with van der Waals surface area (Å²) in [4.78, 5) is 20.7. The largest absolute Gasteiger partial charge is 0.368 e. The molecular formula is C12H13IN4O. The molecule has 0 spiro atoms. The van der Waals surface area contributed by atoms with E-state index in [-0.39, 0.29) is 17.8 Å². The van der Waals surface area contributed by atoms with E-state index in [0.717, 1.165) is 21.9 Å². The summed E-state index contributed by atoms with van der Waals surface area (Å²) in [7, 11) is 0. The van der Waals surface area contributed by atoms with Gasteiger partial charge in [0.25, 0.3) is 0 Å². The van der Waals surface area contributed by atoms with Gasteiger partial charge >= 0.3 is 0 Å². The van der Waals surface area contributed by atoms with Crippen LogP contribution >= 0.6 is 22.6 Å². The van der Waals surface area contributed by atoms with Crippen LogP contribution in [0.2, 0.25) is 0 Å². The predicted octanol–water partition coefficient (Wildman–Crippen LogP) is 2.30. The highest BCUT2D eigenvalue weighted by Crippen LogP contribution is 2.37. The fourth-order valence-electron chi connectivity index (χ4n) is 2.19. The first-order valence-electron chi connectivity index (χ1n) is 5.92. The Hall–Kier alpha value is -1.18. The van der Waals surface area contributed by atoms with Crippen molar-refractivity contribution >= 4 is 45.5 Å². The number of halogens is 1. The van der Waals surface area contributed by atoms with Gasteiger partial charge in [0.05, 0.1) is 5.39 Å². The van der Waals surface area contributed by atoms with Crippen LogP contribution in [0.5, 0.6) is 0 Å². The minimum atomic E-state index is 0.0504. The summed E-state index contributed by atoms with van der Waals surface area (Å²) in [6.07, 6.45) is 4.07. The Morgan fingerprint density at radius 3 is 2.94 bits per heavy atom. The molecular weight excluding hydrogens is 343 g/mol. The first kappa shape index (κ1) is 11.9. The fraction of sp³-hybridized carbons (Fsp3) is 0.417. The molecule has 0 amide bonds. The molecule has 3 rings (SSSR count). The topological polar surface area (TPSA) is 73.8 Å². The van der Waals surface area contributed by atoms with Crippen molar-refractivity contribution in [3.63, 3.8) is 0 Å².